The highest BCUT2D eigenvalue weighted by atomic mass is 16.2. The second-order valence-corrected chi connectivity index (χ2v) is 14.2. The first-order chi connectivity index (χ1) is 29.8. The highest BCUT2D eigenvalue weighted by Crippen LogP contribution is 2.25. The standard InChI is InChI=1S/C25H20N6O2.C22H17N5O/c1-16-15-22(29-28-16)27-23-20-9-5-6-10-21(20)25(33)31(30-23)19-13-11-18(12-14-19)26-24(32)17-7-3-2-4-8-17;1-14-12-20(25-24-14)23-21-18-8-4-5-9-19(18)22(28)27(26-21)17-11-10-15-6-2-3-7-16(15)13-17/h2-15H,1H3,(H,26,32)(H2,27,28,29,30);2-13H,1H3,(H2,23,24,25,26). The van der Waals surface area contributed by atoms with E-state index in [4.69, 9.17) is 0 Å². The normalized spacial score (nSPS) is 11.0. The zero-order valence-corrected chi connectivity index (χ0v) is 32.9. The molecule has 5 N–H and O–H groups in total. The van der Waals surface area contributed by atoms with Gasteiger partial charge in [-0.3, -0.25) is 24.6 Å². The minimum atomic E-state index is -0.240. The number of hydrogen-bond acceptors (Lipinski definition) is 9. The number of nitrogens with one attached hydrogen (secondary N) is 5. The van der Waals surface area contributed by atoms with Gasteiger partial charge in [0.05, 0.1) is 22.1 Å². The minimum absolute atomic E-state index is 0.158. The second kappa shape index (κ2) is 16.3. The lowest BCUT2D eigenvalue weighted by Crippen LogP contribution is -2.22. The molecule has 6 aromatic carbocycles. The number of H-pyrrole nitrogens is 2. The predicted molar refractivity (Wildman–Crippen MR) is 240 cm³/mol. The van der Waals surface area contributed by atoms with E-state index in [0.717, 1.165) is 33.2 Å². The molecule has 14 heteroatoms. The van der Waals surface area contributed by atoms with Gasteiger partial charge < -0.3 is 16.0 Å². The Morgan fingerprint density at radius 2 is 0.984 bits per heavy atom. The van der Waals surface area contributed by atoms with Crippen LogP contribution < -0.4 is 27.1 Å². The Labute approximate surface area is 347 Å². The SMILES string of the molecule is Cc1cc(Nc2nn(-c3ccc(NC(=O)c4ccccc4)cc3)c(=O)c3ccccc23)n[nH]1.Cc1cc(Nc2nn(-c3ccc4ccccc4c3)c(=O)c3ccccc23)n[nH]1. The van der Waals surface area contributed by atoms with Crippen LogP contribution in [0.3, 0.4) is 0 Å². The second-order valence-electron chi connectivity index (χ2n) is 14.2. The lowest BCUT2D eigenvalue weighted by Gasteiger charge is -2.12. The van der Waals surface area contributed by atoms with Crippen molar-refractivity contribution >= 4 is 67.2 Å². The molecule has 0 unspecified atom stereocenters. The number of anilines is 5. The zero-order chi connectivity index (χ0) is 41.9. The van der Waals surface area contributed by atoms with Gasteiger partial charge in [0.1, 0.15) is 0 Å². The van der Waals surface area contributed by atoms with Crippen LogP contribution in [-0.2, 0) is 0 Å². The smallest absolute Gasteiger partial charge is 0.279 e. The Kier molecular flexibility index (Phi) is 10.1. The predicted octanol–water partition coefficient (Wildman–Crippen LogP) is 8.73. The third-order valence-electron chi connectivity index (χ3n) is 9.90. The summed E-state index contributed by atoms with van der Waals surface area (Å²) in [5.41, 5.74) is 3.92. The fourth-order valence-electron chi connectivity index (χ4n) is 6.91. The summed E-state index contributed by atoms with van der Waals surface area (Å²) in [5, 5.41) is 37.4. The van der Waals surface area contributed by atoms with E-state index < -0.39 is 0 Å². The maximum atomic E-state index is 13.2. The Bertz CT molecular complexity index is 3330. The number of fused-ring (bicyclic) bond motifs is 3. The molecule has 0 aliphatic rings. The summed E-state index contributed by atoms with van der Waals surface area (Å²) in [6, 6.07) is 48.4. The van der Waals surface area contributed by atoms with E-state index in [0.29, 0.717) is 56.4 Å². The number of amides is 1. The van der Waals surface area contributed by atoms with Crippen molar-refractivity contribution in [1.82, 2.24) is 40.0 Å². The molecule has 10 aromatic rings. The van der Waals surface area contributed by atoms with E-state index in [2.05, 4.69) is 46.5 Å². The topological polar surface area (TPSA) is 180 Å². The van der Waals surface area contributed by atoms with Gasteiger partial charge in [-0.1, -0.05) is 84.9 Å². The molecule has 0 spiro atoms. The molecule has 14 nitrogen and oxygen atoms in total. The van der Waals surface area contributed by atoms with Crippen molar-refractivity contribution in [3.05, 3.63) is 195 Å². The summed E-state index contributed by atoms with van der Waals surface area (Å²) in [4.78, 5) is 38.7. The van der Waals surface area contributed by atoms with Gasteiger partial charge in [0.2, 0.25) is 0 Å². The van der Waals surface area contributed by atoms with Crippen molar-refractivity contribution in [2.45, 2.75) is 13.8 Å². The number of rotatable bonds is 8. The van der Waals surface area contributed by atoms with Gasteiger partial charge in [0, 0.05) is 45.5 Å². The van der Waals surface area contributed by atoms with Gasteiger partial charge in [0.25, 0.3) is 17.0 Å². The number of carbonyl (C=O) groups is 1. The molecule has 10 rings (SSSR count). The first kappa shape index (κ1) is 37.9. The van der Waals surface area contributed by atoms with Crippen LogP contribution in [0.1, 0.15) is 21.7 Å². The summed E-state index contributed by atoms with van der Waals surface area (Å²) >= 11 is 0. The van der Waals surface area contributed by atoms with Gasteiger partial charge >= 0.3 is 0 Å². The average molecular weight is 804 g/mol. The van der Waals surface area contributed by atoms with Crippen molar-refractivity contribution in [1.29, 1.82) is 0 Å². The molecule has 0 aliphatic carbocycles. The Balaban J connectivity index is 0.000000158. The highest BCUT2D eigenvalue weighted by molar-refractivity contribution is 6.04. The molecular formula is C47H37N11O3. The number of carbonyl (C=O) groups excluding carboxylic acids is 1. The highest BCUT2D eigenvalue weighted by Gasteiger charge is 2.15. The number of hydrogen-bond donors (Lipinski definition) is 5. The number of aromatic nitrogens is 8. The number of aryl methyl sites for hydroxylation is 2. The monoisotopic (exact) mass is 803 g/mol. The van der Waals surface area contributed by atoms with Crippen LogP contribution in [-0.4, -0.2) is 45.9 Å². The average Bonchev–Trinajstić information content (AvgIpc) is 3.92. The molecule has 0 saturated carbocycles. The number of benzene rings is 6. The summed E-state index contributed by atoms with van der Waals surface area (Å²) in [6.45, 7) is 3.84. The van der Waals surface area contributed by atoms with Crippen molar-refractivity contribution in [2.24, 2.45) is 0 Å². The molecule has 4 heterocycles. The van der Waals surface area contributed by atoms with E-state index in [1.54, 1.807) is 42.5 Å². The molecule has 0 atom stereocenters. The van der Waals surface area contributed by atoms with Crippen molar-refractivity contribution in [3.8, 4) is 11.4 Å². The largest absolute Gasteiger partial charge is 0.322 e. The van der Waals surface area contributed by atoms with E-state index in [9.17, 15) is 14.4 Å². The molecule has 0 fully saturated rings. The Hall–Kier alpha value is -8.65. The third kappa shape index (κ3) is 7.96. The molecule has 4 aromatic heterocycles. The van der Waals surface area contributed by atoms with Crippen LogP contribution in [0, 0.1) is 13.8 Å². The summed E-state index contributed by atoms with van der Waals surface area (Å²) in [5.74, 6) is 2.14. The zero-order valence-electron chi connectivity index (χ0n) is 32.9. The summed E-state index contributed by atoms with van der Waals surface area (Å²) in [7, 11) is 0. The maximum Gasteiger partial charge on any atom is 0.279 e. The van der Waals surface area contributed by atoms with E-state index in [-0.39, 0.29) is 17.0 Å². The van der Waals surface area contributed by atoms with Crippen molar-refractivity contribution < 1.29 is 4.79 Å². The fraction of sp³-hybridized carbons (Fsp3) is 0.0426. The lowest BCUT2D eigenvalue weighted by molar-refractivity contribution is 0.102. The van der Waals surface area contributed by atoms with Gasteiger partial charge in [0.15, 0.2) is 23.3 Å². The number of aromatic amines is 2. The van der Waals surface area contributed by atoms with Crippen LogP contribution in [0.25, 0.3) is 43.7 Å². The molecule has 0 radical (unpaired) electrons. The molecule has 61 heavy (non-hydrogen) atoms. The number of nitrogens with zero attached hydrogens (tertiary/aromatic N) is 6. The van der Waals surface area contributed by atoms with Gasteiger partial charge in [-0.2, -0.15) is 19.6 Å². The molecule has 0 saturated heterocycles. The van der Waals surface area contributed by atoms with Gasteiger partial charge in [-0.25, -0.2) is 0 Å². The van der Waals surface area contributed by atoms with Gasteiger partial charge in [-0.05, 0) is 85.3 Å². The third-order valence-corrected chi connectivity index (χ3v) is 9.90. The fourth-order valence-corrected chi connectivity index (χ4v) is 6.91. The van der Waals surface area contributed by atoms with Crippen molar-refractivity contribution in [2.75, 3.05) is 16.0 Å². The van der Waals surface area contributed by atoms with Crippen LogP contribution >= 0.6 is 0 Å². The summed E-state index contributed by atoms with van der Waals surface area (Å²) < 4.78 is 2.78. The van der Waals surface area contributed by atoms with Gasteiger partial charge in [-0.15, -0.1) is 10.2 Å². The van der Waals surface area contributed by atoms with Crippen LogP contribution in [0.4, 0.5) is 29.0 Å². The van der Waals surface area contributed by atoms with E-state index >= 15 is 0 Å². The first-order valence-electron chi connectivity index (χ1n) is 19.4. The maximum absolute atomic E-state index is 13.2. The Morgan fingerprint density at radius 3 is 1.52 bits per heavy atom. The minimum Gasteiger partial charge on any atom is -0.322 e. The quantitative estimate of drug-likeness (QED) is 0.100. The lowest BCUT2D eigenvalue weighted by atomic mass is 10.1. The molecule has 298 valence electrons. The molecule has 0 aliphatic heterocycles. The van der Waals surface area contributed by atoms with Crippen LogP contribution in [0.5, 0.6) is 0 Å². The van der Waals surface area contributed by atoms with Crippen molar-refractivity contribution in [3.63, 3.8) is 0 Å². The van der Waals surface area contributed by atoms with Crippen LogP contribution in [0.2, 0.25) is 0 Å². The van der Waals surface area contributed by atoms with E-state index in [1.807, 2.05) is 129 Å². The Morgan fingerprint density at radius 1 is 0.508 bits per heavy atom. The molecular weight excluding hydrogens is 767 g/mol. The molecule has 0 bridgehead atoms. The summed E-state index contributed by atoms with van der Waals surface area (Å²) in [6.07, 6.45) is 0. The van der Waals surface area contributed by atoms with Crippen LogP contribution in [0.15, 0.2) is 167 Å². The molecule has 1 amide bonds. The first-order valence-corrected chi connectivity index (χ1v) is 19.4. The van der Waals surface area contributed by atoms with E-state index in [1.165, 1.54) is 9.36 Å².